The molecule has 0 atom stereocenters. The lowest BCUT2D eigenvalue weighted by Crippen LogP contribution is -2.28. The van der Waals surface area contributed by atoms with Gasteiger partial charge in [0.2, 0.25) is 0 Å². The van der Waals surface area contributed by atoms with E-state index >= 15 is 0 Å². The minimum absolute atomic E-state index is 0.00274. The average molecular weight is 234 g/mol. The molecule has 1 aliphatic heterocycles. The van der Waals surface area contributed by atoms with Crippen LogP contribution in [0.4, 0.5) is 5.82 Å². The second-order valence-corrected chi connectivity index (χ2v) is 4.23. The maximum absolute atomic E-state index is 12.0. The summed E-state index contributed by atoms with van der Waals surface area (Å²) in [5.41, 5.74) is 0.439. The summed E-state index contributed by atoms with van der Waals surface area (Å²) in [6, 6.07) is 3.55. The van der Waals surface area contributed by atoms with Crippen LogP contribution in [0.3, 0.4) is 0 Å². The van der Waals surface area contributed by atoms with Crippen molar-refractivity contribution in [2.24, 2.45) is 0 Å². The van der Waals surface area contributed by atoms with Crippen LogP contribution < -0.4 is 5.32 Å². The molecule has 0 saturated carbocycles. The van der Waals surface area contributed by atoms with Gasteiger partial charge in [-0.3, -0.25) is 4.79 Å². The number of carbonyl (C=O) groups is 1. The van der Waals surface area contributed by atoms with E-state index < -0.39 is 0 Å². The Kier molecular flexibility index (Phi) is 3.90. The topological polar surface area (TPSA) is 58.1 Å². The van der Waals surface area contributed by atoms with E-state index in [4.69, 9.17) is 0 Å². The Morgan fingerprint density at radius 3 is 2.71 bits per heavy atom. The number of likely N-dealkylation sites (tertiary alicyclic amines) is 1. The molecule has 1 aromatic heterocycles. The lowest BCUT2D eigenvalue weighted by molar-refractivity contribution is 0.0786. The Morgan fingerprint density at radius 2 is 2.12 bits per heavy atom. The number of amides is 1. The van der Waals surface area contributed by atoms with E-state index in [1.807, 2.05) is 11.0 Å². The highest BCUT2D eigenvalue weighted by molar-refractivity contribution is 5.92. The van der Waals surface area contributed by atoms with Crippen molar-refractivity contribution in [3.63, 3.8) is 0 Å². The predicted molar refractivity (Wildman–Crippen MR) is 66.0 cm³/mol. The van der Waals surface area contributed by atoms with Crippen molar-refractivity contribution < 1.29 is 4.79 Å². The number of hydrogen-bond donors (Lipinski definition) is 1. The van der Waals surface area contributed by atoms with Gasteiger partial charge in [0, 0.05) is 19.6 Å². The number of hydrogen-bond acceptors (Lipinski definition) is 4. The van der Waals surface area contributed by atoms with Crippen LogP contribution >= 0.6 is 0 Å². The van der Waals surface area contributed by atoms with Gasteiger partial charge in [-0.2, -0.15) is 0 Å². The summed E-state index contributed by atoms with van der Waals surface area (Å²) < 4.78 is 0. The third kappa shape index (κ3) is 2.93. The first-order valence-electron chi connectivity index (χ1n) is 6.18. The van der Waals surface area contributed by atoms with E-state index in [-0.39, 0.29) is 5.91 Å². The van der Waals surface area contributed by atoms with Gasteiger partial charge in [0.25, 0.3) is 5.91 Å². The summed E-state index contributed by atoms with van der Waals surface area (Å²) in [7, 11) is 0. The lowest BCUT2D eigenvalue weighted by Gasteiger charge is -2.14. The van der Waals surface area contributed by atoms with Gasteiger partial charge in [0.05, 0.1) is 0 Å². The molecule has 2 heterocycles. The summed E-state index contributed by atoms with van der Waals surface area (Å²) in [5.74, 6) is 0.724. The Bertz CT molecular complexity index is 371. The van der Waals surface area contributed by atoms with E-state index in [1.54, 1.807) is 6.07 Å². The predicted octanol–water partition coefficient (Wildman–Crippen LogP) is 1.53. The van der Waals surface area contributed by atoms with Gasteiger partial charge in [-0.1, -0.05) is 6.92 Å². The van der Waals surface area contributed by atoms with Crippen LogP contribution in [0, 0.1) is 0 Å². The van der Waals surface area contributed by atoms with E-state index in [9.17, 15) is 4.79 Å². The van der Waals surface area contributed by atoms with E-state index in [1.165, 1.54) is 0 Å². The zero-order valence-corrected chi connectivity index (χ0v) is 10.1. The number of carbonyl (C=O) groups excluding carboxylic acids is 1. The van der Waals surface area contributed by atoms with Gasteiger partial charge in [-0.05, 0) is 31.4 Å². The smallest absolute Gasteiger partial charge is 0.274 e. The van der Waals surface area contributed by atoms with Crippen LogP contribution in [0.1, 0.15) is 36.7 Å². The molecule has 1 aliphatic rings. The first kappa shape index (κ1) is 11.8. The summed E-state index contributed by atoms with van der Waals surface area (Å²) in [6.45, 7) is 4.65. The number of anilines is 1. The third-order valence-corrected chi connectivity index (χ3v) is 2.83. The van der Waals surface area contributed by atoms with Crippen molar-refractivity contribution in [2.75, 3.05) is 25.0 Å². The molecule has 5 heteroatoms. The van der Waals surface area contributed by atoms with E-state index in [0.717, 1.165) is 44.7 Å². The van der Waals surface area contributed by atoms with Gasteiger partial charge in [-0.25, -0.2) is 0 Å². The Balaban J connectivity index is 1.99. The molecule has 1 amide bonds. The Labute approximate surface area is 101 Å². The highest BCUT2D eigenvalue weighted by Gasteiger charge is 2.20. The second-order valence-electron chi connectivity index (χ2n) is 4.23. The zero-order chi connectivity index (χ0) is 12.1. The molecule has 5 nitrogen and oxygen atoms in total. The summed E-state index contributed by atoms with van der Waals surface area (Å²) >= 11 is 0. The monoisotopic (exact) mass is 234 g/mol. The normalized spacial score (nSPS) is 15.0. The molecule has 0 unspecified atom stereocenters. The maximum atomic E-state index is 12.0. The molecule has 0 radical (unpaired) electrons. The molecule has 1 saturated heterocycles. The molecule has 0 aliphatic carbocycles. The fourth-order valence-corrected chi connectivity index (χ4v) is 1.88. The fourth-order valence-electron chi connectivity index (χ4n) is 1.88. The fraction of sp³-hybridized carbons (Fsp3) is 0.583. The van der Waals surface area contributed by atoms with Crippen LogP contribution in [0.2, 0.25) is 0 Å². The van der Waals surface area contributed by atoms with Crippen LogP contribution in [0.5, 0.6) is 0 Å². The highest BCUT2D eigenvalue weighted by atomic mass is 16.2. The molecule has 1 aromatic rings. The van der Waals surface area contributed by atoms with Gasteiger partial charge in [0.1, 0.15) is 5.82 Å². The lowest BCUT2D eigenvalue weighted by atomic mass is 10.3. The second kappa shape index (κ2) is 5.61. The molecule has 1 fully saturated rings. The number of nitrogens with zero attached hydrogens (tertiary/aromatic N) is 3. The van der Waals surface area contributed by atoms with Crippen molar-refractivity contribution in [3.8, 4) is 0 Å². The minimum atomic E-state index is -0.00274. The zero-order valence-electron chi connectivity index (χ0n) is 10.1. The minimum Gasteiger partial charge on any atom is -0.369 e. The number of nitrogens with one attached hydrogen (secondary N) is 1. The molecular formula is C12H18N4O. The van der Waals surface area contributed by atoms with Crippen LogP contribution in [-0.2, 0) is 0 Å². The van der Waals surface area contributed by atoms with Gasteiger partial charge in [0.15, 0.2) is 5.69 Å². The van der Waals surface area contributed by atoms with Crippen molar-refractivity contribution in [3.05, 3.63) is 17.8 Å². The summed E-state index contributed by atoms with van der Waals surface area (Å²) in [5, 5.41) is 11.1. The molecule has 1 N–H and O–H groups in total. The number of rotatable bonds is 4. The van der Waals surface area contributed by atoms with Gasteiger partial charge >= 0.3 is 0 Å². The van der Waals surface area contributed by atoms with Crippen LogP contribution in [0.25, 0.3) is 0 Å². The standard InChI is InChI=1S/C12H18N4O/c1-2-7-13-11-6-5-10(14-15-11)12(17)16-8-3-4-9-16/h5-6H,2-4,7-9H2,1H3,(H,13,15). The van der Waals surface area contributed by atoms with Crippen molar-refractivity contribution in [1.29, 1.82) is 0 Å². The molecule has 92 valence electrons. The summed E-state index contributed by atoms with van der Waals surface area (Å²) in [6.07, 6.45) is 3.22. The van der Waals surface area contributed by atoms with Crippen molar-refractivity contribution >= 4 is 11.7 Å². The SMILES string of the molecule is CCCNc1ccc(C(=O)N2CCCC2)nn1. The molecule has 0 aromatic carbocycles. The largest absolute Gasteiger partial charge is 0.369 e. The molecule has 0 bridgehead atoms. The molecule has 2 rings (SSSR count). The average Bonchev–Trinajstić information content (AvgIpc) is 2.90. The van der Waals surface area contributed by atoms with Gasteiger partial charge in [-0.15, -0.1) is 10.2 Å². The van der Waals surface area contributed by atoms with Crippen molar-refractivity contribution in [1.82, 2.24) is 15.1 Å². The van der Waals surface area contributed by atoms with Crippen molar-refractivity contribution in [2.45, 2.75) is 26.2 Å². The van der Waals surface area contributed by atoms with Crippen LogP contribution in [0.15, 0.2) is 12.1 Å². The van der Waals surface area contributed by atoms with Crippen LogP contribution in [-0.4, -0.2) is 40.6 Å². The highest BCUT2D eigenvalue weighted by Crippen LogP contribution is 2.11. The molecule has 0 spiro atoms. The molecular weight excluding hydrogens is 216 g/mol. The molecule has 17 heavy (non-hydrogen) atoms. The first-order chi connectivity index (χ1) is 8.31. The van der Waals surface area contributed by atoms with Gasteiger partial charge < -0.3 is 10.2 Å². The quantitative estimate of drug-likeness (QED) is 0.858. The maximum Gasteiger partial charge on any atom is 0.274 e. The summed E-state index contributed by atoms with van der Waals surface area (Å²) in [4.78, 5) is 13.8. The Hall–Kier alpha value is -1.65. The van der Waals surface area contributed by atoms with E-state index in [2.05, 4.69) is 22.4 Å². The van der Waals surface area contributed by atoms with E-state index in [0.29, 0.717) is 5.69 Å². The number of aromatic nitrogens is 2. The first-order valence-corrected chi connectivity index (χ1v) is 6.18. The Morgan fingerprint density at radius 1 is 1.35 bits per heavy atom. The third-order valence-electron chi connectivity index (χ3n) is 2.83.